The van der Waals surface area contributed by atoms with Gasteiger partial charge in [-0.05, 0) is 38.3 Å². The predicted octanol–water partition coefficient (Wildman–Crippen LogP) is 3.08. The Bertz CT molecular complexity index is 557. The quantitative estimate of drug-likeness (QED) is 0.746. The average Bonchev–Trinajstić information content (AvgIpc) is 3.01. The Kier molecular flexibility index (Phi) is 1.76. The summed E-state index contributed by atoms with van der Waals surface area (Å²) in [5, 5.41) is 0. The molecule has 2 aromatic heterocycles. The molecule has 2 atom stereocenters. The number of fused-ring (bicyclic) bond motifs is 5. The molecular weight excluding hydrogens is 210 g/mol. The lowest BCUT2D eigenvalue weighted by Gasteiger charge is -2.11. The first-order chi connectivity index (χ1) is 8.31. The maximum Gasteiger partial charge on any atom is 0.112 e. The van der Waals surface area contributed by atoms with Crippen molar-refractivity contribution < 1.29 is 0 Å². The minimum Gasteiger partial charge on any atom is -0.331 e. The van der Waals surface area contributed by atoms with Gasteiger partial charge in [-0.1, -0.05) is 6.07 Å². The van der Waals surface area contributed by atoms with E-state index in [1.165, 1.54) is 25.1 Å². The summed E-state index contributed by atoms with van der Waals surface area (Å²) in [6.45, 7) is 2.02. The normalized spacial score (nSPS) is 25.2. The van der Waals surface area contributed by atoms with Crippen molar-refractivity contribution >= 4 is 0 Å². The second-order valence-corrected chi connectivity index (χ2v) is 5.22. The smallest absolute Gasteiger partial charge is 0.112 e. The number of hydrogen-bond donors (Lipinski definition) is 0. The number of pyridine rings is 1. The first-order valence-electron chi connectivity index (χ1n) is 6.34. The minimum absolute atomic E-state index is 0.707. The zero-order valence-electron chi connectivity index (χ0n) is 9.93. The van der Waals surface area contributed by atoms with Crippen molar-refractivity contribution in [3.8, 4) is 11.4 Å². The number of aromatic nitrogens is 3. The lowest BCUT2D eigenvalue weighted by Crippen LogP contribution is -2.04. The number of imidazole rings is 1. The maximum absolute atomic E-state index is 4.79. The molecule has 4 rings (SSSR count). The zero-order valence-corrected chi connectivity index (χ0v) is 9.93. The second-order valence-electron chi connectivity index (χ2n) is 5.22. The van der Waals surface area contributed by atoms with E-state index in [4.69, 9.17) is 4.98 Å². The molecule has 2 bridgehead atoms. The molecule has 0 N–H and O–H groups in total. The van der Waals surface area contributed by atoms with Crippen LogP contribution in [0.4, 0.5) is 0 Å². The van der Waals surface area contributed by atoms with Gasteiger partial charge < -0.3 is 4.57 Å². The van der Waals surface area contributed by atoms with E-state index in [0.29, 0.717) is 12.0 Å². The molecule has 0 radical (unpaired) electrons. The van der Waals surface area contributed by atoms with Gasteiger partial charge in [-0.25, -0.2) is 4.98 Å². The predicted molar refractivity (Wildman–Crippen MR) is 65.8 cm³/mol. The third kappa shape index (κ3) is 1.28. The second kappa shape index (κ2) is 3.19. The first kappa shape index (κ1) is 9.40. The highest BCUT2D eigenvalue weighted by molar-refractivity contribution is 5.54. The maximum atomic E-state index is 4.79. The summed E-state index contributed by atoms with van der Waals surface area (Å²) < 4.78 is 2.38. The van der Waals surface area contributed by atoms with E-state index < -0.39 is 0 Å². The summed E-state index contributed by atoms with van der Waals surface area (Å²) >= 11 is 0. The fourth-order valence-electron chi connectivity index (χ4n) is 3.26. The number of nitrogens with zero attached hydrogens (tertiary/aromatic N) is 3. The Labute approximate surface area is 101 Å². The van der Waals surface area contributed by atoms with Gasteiger partial charge in [0.15, 0.2) is 0 Å². The van der Waals surface area contributed by atoms with Crippen molar-refractivity contribution in [2.24, 2.45) is 0 Å². The highest BCUT2D eigenvalue weighted by Crippen LogP contribution is 2.48. The van der Waals surface area contributed by atoms with E-state index in [2.05, 4.69) is 21.8 Å². The van der Waals surface area contributed by atoms with E-state index in [1.807, 2.05) is 19.1 Å². The number of rotatable bonds is 1. The largest absolute Gasteiger partial charge is 0.331 e. The van der Waals surface area contributed by atoms with Crippen LogP contribution in [-0.4, -0.2) is 14.5 Å². The van der Waals surface area contributed by atoms with Crippen LogP contribution in [0.25, 0.3) is 11.4 Å². The molecule has 1 fully saturated rings. The van der Waals surface area contributed by atoms with Gasteiger partial charge in [0.2, 0.25) is 0 Å². The summed E-state index contributed by atoms with van der Waals surface area (Å²) in [5.74, 6) is 2.00. The molecule has 0 saturated heterocycles. The van der Waals surface area contributed by atoms with Crippen LogP contribution < -0.4 is 0 Å². The summed E-state index contributed by atoms with van der Waals surface area (Å²) in [7, 11) is 0. The molecule has 3 heteroatoms. The number of aryl methyl sites for hydroxylation is 1. The van der Waals surface area contributed by atoms with Crippen LogP contribution in [-0.2, 0) is 0 Å². The Hall–Kier alpha value is -1.64. The van der Waals surface area contributed by atoms with Gasteiger partial charge in [0.25, 0.3) is 0 Å². The van der Waals surface area contributed by atoms with E-state index in [1.54, 1.807) is 0 Å². The van der Waals surface area contributed by atoms with Crippen LogP contribution in [0.1, 0.15) is 42.7 Å². The van der Waals surface area contributed by atoms with Crippen molar-refractivity contribution in [2.75, 3.05) is 0 Å². The van der Waals surface area contributed by atoms with E-state index >= 15 is 0 Å². The molecule has 1 aliphatic heterocycles. The number of hydrogen-bond acceptors (Lipinski definition) is 2. The minimum atomic E-state index is 0.707. The van der Waals surface area contributed by atoms with Crippen LogP contribution >= 0.6 is 0 Å². The van der Waals surface area contributed by atoms with Crippen molar-refractivity contribution in [1.82, 2.24) is 14.5 Å². The SMILES string of the molecule is Cc1cccc(-c2cn3c(n2)[C@@H]2CC[C@H]3C2)n1. The van der Waals surface area contributed by atoms with Crippen LogP contribution in [0.5, 0.6) is 0 Å². The lowest BCUT2D eigenvalue weighted by molar-refractivity contribution is 0.526. The third-order valence-electron chi connectivity index (χ3n) is 4.08. The van der Waals surface area contributed by atoms with Crippen molar-refractivity contribution in [1.29, 1.82) is 0 Å². The fourth-order valence-corrected chi connectivity index (χ4v) is 3.26. The molecule has 0 amide bonds. The molecular formula is C14H15N3. The van der Waals surface area contributed by atoms with Crippen molar-refractivity contribution in [3.05, 3.63) is 35.9 Å². The van der Waals surface area contributed by atoms with E-state index in [-0.39, 0.29) is 0 Å². The van der Waals surface area contributed by atoms with E-state index in [0.717, 1.165) is 17.1 Å². The summed E-state index contributed by atoms with van der Waals surface area (Å²) in [6, 6.07) is 6.83. The molecule has 17 heavy (non-hydrogen) atoms. The Morgan fingerprint density at radius 1 is 1.18 bits per heavy atom. The lowest BCUT2D eigenvalue weighted by atomic mass is 10.1. The molecule has 2 aliphatic rings. The van der Waals surface area contributed by atoms with Crippen molar-refractivity contribution in [3.63, 3.8) is 0 Å². The molecule has 0 aromatic carbocycles. The molecule has 86 valence electrons. The third-order valence-corrected chi connectivity index (χ3v) is 4.08. The highest BCUT2D eigenvalue weighted by atomic mass is 15.1. The van der Waals surface area contributed by atoms with Crippen LogP contribution in [0, 0.1) is 6.92 Å². The topological polar surface area (TPSA) is 30.7 Å². The molecule has 1 aliphatic carbocycles. The Morgan fingerprint density at radius 2 is 2.12 bits per heavy atom. The average molecular weight is 225 g/mol. The van der Waals surface area contributed by atoms with Crippen LogP contribution in [0.15, 0.2) is 24.4 Å². The summed E-state index contributed by atoms with van der Waals surface area (Å²) in [5.41, 5.74) is 3.10. The van der Waals surface area contributed by atoms with Gasteiger partial charge >= 0.3 is 0 Å². The van der Waals surface area contributed by atoms with Gasteiger partial charge in [-0.2, -0.15) is 0 Å². The molecule has 0 unspecified atom stereocenters. The van der Waals surface area contributed by atoms with Crippen LogP contribution in [0.3, 0.4) is 0 Å². The van der Waals surface area contributed by atoms with Crippen molar-refractivity contribution in [2.45, 2.75) is 38.1 Å². The van der Waals surface area contributed by atoms with Gasteiger partial charge in [-0.15, -0.1) is 0 Å². The zero-order chi connectivity index (χ0) is 11.4. The highest BCUT2D eigenvalue weighted by Gasteiger charge is 2.38. The van der Waals surface area contributed by atoms with Gasteiger partial charge in [0, 0.05) is 23.9 Å². The monoisotopic (exact) mass is 225 g/mol. The van der Waals surface area contributed by atoms with Gasteiger partial charge in [0.1, 0.15) is 11.5 Å². The standard InChI is InChI=1S/C14H15N3/c1-9-3-2-4-12(15-9)13-8-17-11-6-5-10(7-11)14(17)16-13/h2-4,8,10-11H,5-7H2,1H3/t10-,11+/m1/s1. The fraction of sp³-hybridized carbons (Fsp3) is 0.429. The molecule has 1 saturated carbocycles. The molecule has 3 nitrogen and oxygen atoms in total. The van der Waals surface area contributed by atoms with Gasteiger partial charge in [-0.3, -0.25) is 4.98 Å². The van der Waals surface area contributed by atoms with Gasteiger partial charge in [0.05, 0.1) is 5.69 Å². The van der Waals surface area contributed by atoms with Crippen LogP contribution in [0.2, 0.25) is 0 Å². The summed E-state index contributed by atoms with van der Waals surface area (Å²) in [4.78, 5) is 9.34. The Morgan fingerprint density at radius 3 is 2.94 bits per heavy atom. The molecule has 2 aromatic rings. The first-order valence-corrected chi connectivity index (χ1v) is 6.34. The van der Waals surface area contributed by atoms with E-state index in [9.17, 15) is 0 Å². The summed E-state index contributed by atoms with van der Waals surface area (Å²) in [6.07, 6.45) is 6.15. The Balaban J connectivity index is 1.82. The molecule has 0 spiro atoms. The molecule has 3 heterocycles.